The standard InChI is InChI=1S/C12H12ClN3O3/c1-18-12(17)11(13)16-15-9-5-2-3-6-10(9)19-8-4-7-14/h2-3,5-6,11H,4,8H2,1H3. The van der Waals surface area contributed by atoms with E-state index in [2.05, 4.69) is 15.0 Å². The van der Waals surface area contributed by atoms with Crippen LogP contribution in [0.15, 0.2) is 34.5 Å². The van der Waals surface area contributed by atoms with Crippen molar-refractivity contribution in [3.63, 3.8) is 0 Å². The van der Waals surface area contributed by atoms with Crippen molar-refractivity contribution in [2.75, 3.05) is 13.7 Å². The molecule has 0 fully saturated rings. The van der Waals surface area contributed by atoms with Crippen molar-refractivity contribution in [2.24, 2.45) is 10.2 Å². The van der Waals surface area contributed by atoms with Crippen LogP contribution >= 0.6 is 11.6 Å². The molecule has 0 bridgehead atoms. The van der Waals surface area contributed by atoms with Crippen LogP contribution in [-0.2, 0) is 9.53 Å². The van der Waals surface area contributed by atoms with Gasteiger partial charge in [0.25, 0.3) is 0 Å². The quantitative estimate of drug-likeness (QED) is 0.264. The molecule has 1 atom stereocenters. The zero-order chi connectivity index (χ0) is 14.1. The van der Waals surface area contributed by atoms with Crippen molar-refractivity contribution < 1.29 is 14.3 Å². The Morgan fingerprint density at radius 2 is 2.26 bits per heavy atom. The Kier molecular flexibility index (Phi) is 6.33. The predicted molar refractivity (Wildman–Crippen MR) is 68.3 cm³/mol. The Morgan fingerprint density at radius 1 is 1.53 bits per heavy atom. The van der Waals surface area contributed by atoms with Gasteiger partial charge in [0.05, 0.1) is 19.6 Å². The van der Waals surface area contributed by atoms with E-state index >= 15 is 0 Å². The van der Waals surface area contributed by atoms with E-state index in [0.717, 1.165) is 0 Å². The third-order valence-corrected chi connectivity index (χ3v) is 2.26. The highest BCUT2D eigenvalue weighted by Crippen LogP contribution is 2.27. The summed E-state index contributed by atoms with van der Waals surface area (Å²) in [6.07, 6.45) is 0.270. The first-order valence-corrected chi connectivity index (χ1v) is 5.84. The minimum atomic E-state index is -1.20. The van der Waals surface area contributed by atoms with Gasteiger partial charge in [-0.25, -0.2) is 4.79 Å². The monoisotopic (exact) mass is 281 g/mol. The van der Waals surface area contributed by atoms with Crippen LogP contribution in [0.5, 0.6) is 5.75 Å². The molecule has 6 nitrogen and oxygen atoms in total. The molecule has 100 valence electrons. The summed E-state index contributed by atoms with van der Waals surface area (Å²) in [4.78, 5) is 11.1. The Balaban J connectivity index is 2.75. The van der Waals surface area contributed by atoms with Gasteiger partial charge in [0, 0.05) is 0 Å². The number of halogens is 1. The largest absolute Gasteiger partial charge is 0.490 e. The molecule has 0 saturated carbocycles. The number of nitriles is 1. The van der Waals surface area contributed by atoms with Gasteiger partial charge in [-0.05, 0) is 12.1 Å². The maximum Gasteiger partial charge on any atom is 0.348 e. The van der Waals surface area contributed by atoms with Crippen LogP contribution in [0, 0.1) is 11.3 Å². The number of esters is 1. The van der Waals surface area contributed by atoms with Gasteiger partial charge in [-0.2, -0.15) is 10.4 Å². The summed E-state index contributed by atoms with van der Waals surface area (Å²) in [6, 6.07) is 8.82. The van der Waals surface area contributed by atoms with Crippen molar-refractivity contribution in [3.8, 4) is 11.8 Å². The molecular formula is C12H12ClN3O3. The number of benzene rings is 1. The molecule has 0 radical (unpaired) electrons. The van der Waals surface area contributed by atoms with Gasteiger partial charge in [0.15, 0.2) is 0 Å². The third-order valence-electron chi connectivity index (χ3n) is 2.00. The van der Waals surface area contributed by atoms with Gasteiger partial charge in [-0.15, -0.1) is 5.11 Å². The zero-order valence-corrected chi connectivity index (χ0v) is 11.0. The van der Waals surface area contributed by atoms with Crippen LogP contribution in [0.3, 0.4) is 0 Å². The van der Waals surface area contributed by atoms with Crippen molar-refractivity contribution in [1.82, 2.24) is 0 Å². The first kappa shape index (κ1) is 14.9. The van der Waals surface area contributed by atoms with E-state index in [1.165, 1.54) is 7.11 Å². The molecule has 7 heteroatoms. The summed E-state index contributed by atoms with van der Waals surface area (Å²) >= 11 is 5.64. The highest BCUT2D eigenvalue weighted by Gasteiger charge is 2.14. The summed E-state index contributed by atoms with van der Waals surface area (Å²) < 4.78 is 9.78. The molecule has 19 heavy (non-hydrogen) atoms. The fourth-order valence-electron chi connectivity index (χ4n) is 1.13. The number of para-hydroxylation sites is 1. The number of ether oxygens (including phenoxy) is 2. The average Bonchev–Trinajstić information content (AvgIpc) is 2.45. The van der Waals surface area contributed by atoms with Crippen LogP contribution in [0.25, 0.3) is 0 Å². The topological polar surface area (TPSA) is 84.0 Å². The smallest absolute Gasteiger partial charge is 0.348 e. The molecule has 0 aliphatic heterocycles. The van der Waals surface area contributed by atoms with Gasteiger partial charge in [-0.1, -0.05) is 23.7 Å². The second-order valence-corrected chi connectivity index (χ2v) is 3.71. The van der Waals surface area contributed by atoms with E-state index in [-0.39, 0.29) is 13.0 Å². The maximum atomic E-state index is 11.1. The fraction of sp³-hybridized carbons (Fsp3) is 0.333. The molecule has 1 aromatic rings. The molecule has 0 aliphatic carbocycles. The number of rotatable bonds is 6. The highest BCUT2D eigenvalue weighted by molar-refractivity contribution is 6.29. The van der Waals surface area contributed by atoms with Crippen molar-refractivity contribution in [1.29, 1.82) is 5.26 Å². The minimum Gasteiger partial charge on any atom is -0.490 e. The molecule has 0 saturated heterocycles. The Hall–Kier alpha value is -2.13. The van der Waals surface area contributed by atoms with Gasteiger partial charge in [-0.3, -0.25) is 0 Å². The van der Waals surface area contributed by atoms with E-state index in [1.807, 2.05) is 6.07 Å². The first-order chi connectivity index (χ1) is 9.19. The molecule has 0 heterocycles. The average molecular weight is 282 g/mol. The molecule has 0 N–H and O–H groups in total. The minimum absolute atomic E-state index is 0.254. The van der Waals surface area contributed by atoms with E-state index in [4.69, 9.17) is 21.6 Å². The Morgan fingerprint density at radius 3 is 2.95 bits per heavy atom. The van der Waals surface area contributed by atoms with Gasteiger partial charge in [0.2, 0.25) is 5.50 Å². The van der Waals surface area contributed by atoms with Crippen LogP contribution < -0.4 is 4.74 Å². The molecule has 0 amide bonds. The van der Waals surface area contributed by atoms with Crippen LogP contribution in [0.4, 0.5) is 5.69 Å². The van der Waals surface area contributed by atoms with E-state index < -0.39 is 11.5 Å². The third kappa shape index (κ3) is 4.94. The highest BCUT2D eigenvalue weighted by atomic mass is 35.5. The Bertz CT molecular complexity index is 499. The number of hydrogen-bond acceptors (Lipinski definition) is 6. The van der Waals surface area contributed by atoms with Crippen LogP contribution in [0.1, 0.15) is 6.42 Å². The SMILES string of the molecule is COC(=O)C(Cl)N=Nc1ccccc1OCCC#N. The number of carbonyl (C=O) groups is 1. The summed E-state index contributed by atoms with van der Waals surface area (Å²) in [5, 5.41) is 15.9. The van der Waals surface area contributed by atoms with Gasteiger partial charge < -0.3 is 9.47 Å². The second kappa shape index (κ2) is 8.06. The summed E-state index contributed by atoms with van der Waals surface area (Å²) in [6.45, 7) is 0.254. The lowest BCUT2D eigenvalue weighted by molar-refractivity contribution is -0.140. The second-order valence-electron chi connectivity index (χ2n) is 3.30. The number of azo groups is 1. The lowest BCUT2D eigenvalue weighted by Crippen LogP contribution is -2.12. The maximum absolute atomic E-state index is 11.1. The number of carbonyl (C=O) groups excluding carboxylic acids is 1. The van der Waals surface area contributed by atoms with E-state index in [1.54, 1.807) is 24.3 Å². The molecular weight excluding hydrogens is 270 g/mol. The summed E-state index contributed by atoms with van der Waals surface area (Å²) in [5.74, 6) is -0.219. The first-order valence-electron chi connectivity index (χ1n) is 5.40. The predicted octanol–water partition coefficient (Wildman–Crippen LogP) is 2.80. The molecule has 1 aromatic carbocycles. The molecule has 1 unspecified atom stereocenters. The lowest BCUT2D eigenvalue weighted by Gasteiger charge is -2.06. The summed E-state index contributed by atoms with van der Waals surface area (Å²) in [5.41, 5.74) is -0.771. The van der Waals surface area contributed by atoms with Crippen molar-refractivity contribution in [3.05, 3.63) is 24.3 Å². The molecule has 0 aromatic heterocycles. The van der Waals surface area contributed by atoms with E-state index in [0.29, 0.717) is 11.4 Å². The number of nitrogens with zero attached hydrogens (tertiary/aromatic N) is 3. The van der Waals surface area contributed by atoms with Crippen LogP contribution in [0.2, 0.25) is 0 Å². The van der Waals surface area contributed by atoms with E-state index in [9.17, 15) is 4.79 Å². The molecule has 0 aliphatic rings. The summed E-state index contributed by atoms with van der Waals surface area (Å²) in [7, 11) is 1.21. The van der Waals surface area contributed by atoms with Crippen LogP contribution in [-0.4, -0.2) is 25.2 Å². The number of hydrogen-bond donors (Lipinski definition) is 0. The van der Waals surface area contributed by atoms with Crippen molar-refractivity contribution in [2.45, 2.75) is 11.9 Å². The fourth-order valence-corrected chi connectivity index (χ4v) is 1.26. The number of methoxy groups -OCH3 is 1. The Labute approximate surface area is 115 Å². The van der Waals surface area contributed by atoms with Gasteiger partial charge in [0.1, 0.15) is 18.0 Å². The van der Waals surface area contributed by atoms with Gasteiger partial charge >= 0.3 is 5.97 Å². The number of alkyl halides is 1. The molecule has 1 rings (SSSR count). The zero-order valence-electron chi connectivity index (χ0n) is 10.2. The lowest BCUT2D eigenvalue weighted by atomic mass is 10.3. The van der Waals surface area contributed by atoms with Crippen molar-refractivity contribution >= 4 is 23.3 Å². The normalized spacial score (nSPS) is 11.8. The molecule has 0 spiro atoms.